The van der Waals surface area contributed by atoms with Crippen LogP contribution in [0.25, 0.3) is 5.69 Å². The first-order valence-corrected chi connectivity index (χ1v) is 9.88. The Morgan fingerprint density at radius 2 is 1.68 bits per heavy atom. The van der Waals surface area contributed by atoms with Crippen molar-refractivity contribution < 1.29 is 18.0 Å². The second kappa shape index (κ2) is 9.93. The van der Waals surface area contributed by atoms with E-state index in [0.29, 0.717) is 12.4 Å². The highest BCUT2D eigenvalue weighted by atomic mass is 35.5. The molecule has 3 heterocycles. The lowest BCUT2D eigenvalue weighted by Crippen LogP contribution is -2.44. The van der Waals surface area contributed by atoms with Gasteiger partial charge in [0.2, 0.25) is 0 Å². The van der Waals surface area contributed by atoms with E-state index in [9.17, 15) is 18.0 Å². The molecule has 1 aromatic carbocycles. The van der Waals surface area contributed by atoms with E-state index in [4.69, 9.17) is 11.6 Å². The highest BCUT2D eigenvalue weighted by Crippen LogP contribution is 2.30. The fourth-order valence-electron chi connectivity index (χ4n) is 3.05. The number of benzene rings is 1. The van der Waals surface area contributed by atoms with Crippen molar-refractivity contribution in [1.29, 1.82) is 0 Å². The summed E-state index contributed by atoms with van der Waals surface area (Å²) in [5.41, 5.74) is 0.166. The molecule has 0 spiro atoms. The molecule has 1 fully saturated rings. The summed E-state index contributed by atoms with van der Waals surface area (Å²) in [5.74, 6) is 0. The van der Waals surface area contributed by atoms with Crippen LogP contribution in [-0.4, -0.2) is 59.2 Å². The van der Waals surface area contributed by atoms with Gasteiger partial charge < -0.3 is 9.80 Å². The molecule has 164 valence electrons. The number of carbonyl (C=O) groups is 1. The van der Waals surface area contributed by atoms with Gasteiger partial charge in [-0.15, -0.1) is 0 Å². The number of likely N-dealkylation sites (N-methyl/N-ethyl adjacent to an activating group) is 1. The van der Waals surface area contributed by atoms with E-state index in [0.717, 1.165) is 30.9 Å². The molecule has 0 unspecified atom stereocenters. The van der Waals surface area contributed by atoms with Crippen LogP contribution in [0.3, 0.4) is 0 Å². The Balaban J connectivity index is 0.000000185. The molecule has 0 atom stereocenters. The maximum Gasteiger partial charge on any atom is 0.435 e. The summed E-state index contributed by atoms with van der Waals surface area (Å²) >= 11 is 5.85. The number of anilines is 1. The molecule has 3 aromatic rings. The summed E-state index contributed by atoms with van der Waals surface area (Å²) in [7, 11) is 2.17. The van der Waals surface area contributed by atoms with Crippen LogP contribution in [0.15, 0.2) is 54.9 Å². The van der Waals surface area contributed by atoms with Gasteiger partial charge >= 0.3 is 6.18 Å². The highest BCUT2D eigenvalue weighted by molar-refractivity contribution is 6.32. The Morgan fingerprint density at radius 3 is 2.26 bits per heavy atom. The first-order valence-electron chi connectivity index (χ1n) is 9.50. The molecule has 6 nitrogen and oxygen atoms in total. The van der Waals surface area contributed by atoms with Gasteiger partial charge in [0.1, 0.15) is 5.69 Å². The van der Waals surface area contributed by atoms with E-state index in [1.54, 1.807) is 12.1 Å². The average Bonchev–Trinajstić information content (AvgIpc) is 3.21. The van der Waals surface area contributed by atoms with E-state index in [-0.39, 0.29) is 16.4 Å². The maximum absolute atomic E-state index is 12.5. The number of hydrogen-bond donors (Lipinski definition) is 0. The number of pyridine rings is 1. The lowest BCUT2D eigenvalue weighted by atomic mass is 10.3. The third kappa shape index (κ3) is 5.83. The standard InChI is InChI=1S/C11H6ClF3N2O.C10H15N3/c12-8-3-1-2-4-9(8)17-7(6-18)5-10(16-17)11(13,14)15;1-12-6-8-13(9-7-12)10-2-4-11-5-3-10/h1-6H;2-5H,6-9H2,1H3. The SMILES string of the molecule is CN1CCN(c2ccncc2)CC1.O=Cc1cc(C(F)(F)F)nn1-c1ccccc1Cl. The lowest BCUT2D eigenvalue weighted by Gasteiger charge is -2.33. The van der Waals surface area contributed by atoms with E-state index < -0.39 is 11.9 Å². The molecule has 0 N–H and O–H groups in total. The number of hydrogen-bond acceptors (Lipinski definition) is 5. The third-order valence-electron chi connectivity index (χ3n) is 4.76. The van der Waals surface area contributed by atoms with Crippen LogP contribution in [0.1, 0.15) is 16.2 Å². The van der Waals surface area contributed by atoms with Gasteiger partial charge in [0.05, 0.1) is 10.7 Å². The Labute approximate surface area is 182 Å². The van der Waals surface area contributed by atoms with Crippen LogP contribution in [0.2, 0.25) is 5.02 Å². The summed E-state index contributed by atoms with van der Waals surface area (Å²) in [6.07, 6.45) is -0.600. The largest absolute Gasteiger partial charge is 0.435 e. The van der Waals surface area contributed by atoms with Crippen LogP contribution in [0.5, 0.6) is 0 Å². The normalized spacial score (nSPS) is 14.7. The molecule has 0 aliphatic carbocycles. The number of carbonyl (C=O) groups excluding carboxylic acids is 1. The lowest BCUT2D eigenvalue weighted by molar-refractivity contribution is -0.141. The third-order valence-corrected chi connectivity index (χ3v) is 5.08. The number of aromatic nitrogens is 3. The molecular formula is C21H21ClF3N5O. The quantitative estimate of drug-likeness (QED) is 0.559. The predicted octanol–water partition coefficient (Wildman–Crippen LogP) is 4.19. The Bertz CT molecular complexity index is 1000. The second-order valence-electron chi connectivity index (χ2n) is 6.93. The van der Waals surface area contributed by atoms with Crippen molar-refractivity contribution in [2.45, 2.75) is 6.18 Å². The van der Waals surface area contributed by atoms with Gasteiger partial charge in [-0.05, 0) is 37.4 Å². The number of rotatable bonds is 3. The Kier molecular flexibility index (Phi) is 7.29. The van der Waals surface area contributed by atoms with Crippen LogP contribution in [0, 0.1) is 0 Å². The molecule has 1 aliphatic rings. The number of para-hydroxylation sites is 1. The molecule has 31 heavy (non-hydrogen) atoms. The first-order chi connectivity index (χ1) is 14.8. The topological polar surface area (TPSA) is 54.3 Å². The Hall–Kier alpha value is -2.91. The molecule has 0 saturated carbocycles. The van der Waals surface area contributed by atoms with Gasteiger partial charge in [-0.1, -0.05) is 23.7 Å². The first kappa shape index (κ1) is 22.8. The molecule has 4 rings (SSSR count). The van der Waals surface area contributed by atoms with E-state index in [1.165, 1.54) is 17.8 Å². The molecule has 0 amide bonds. The van der Waals surface area contributed by atoms with E-state index >= 15 is 0 Å². The van der Waals surface area contributed by atoms with E-state index in [2.05, 4.69) is 39.1 Å². The van der Waals surface area contributed by atoms with Crippen molar-refractivity contribution in [3.05, 3.63) is 71.3 Å². The van der Waals surface area contributed by atoms with Gasteiger partial charge in [-0.25, -0.2) is 4.68 Å². The van der Waals surface area contributed by atoms with Crippen molar-refractivity contribution in [1.82, 2.24) is 19.7 Å². The average molecular weight is 452 g/mol. The minimum absolute atomic E-state index is 0.206. The molecular weight excluding hydrogens is 431 g/mol. The number of aldehydes is 1. The molecule has 0 radical (unpaired) electrons. The van der Waals surface area contributed by atoms with E-state index in [1.807, 2.05) is 12.4 Å². The number of piperazine rings is 1. The number of halogens is 4. The summed E-state index contributed by atoms with van der Waals surface area (Å²) in [6, 6.07) is 11.0. The van der Waals surface area contributed by atoms with Crippen LogP contribution >= 0.6 is 11.6 Å². The fourth-order valence-corrected chi connectivity index (χ4v) is 3.27. The van der Waals surface area contributed by atoms with Gasteiger partial charge in [-0.3, -0.25) is 9.78 Å². The second-order valence-corrected chi connectivity index (χ2v) is 7.34. The van der Waals surface area contributed by atoms with Gasteiger partial charge in [0.25, 0.3) is 0 Å². The zero-order valence-corrected chi connectivity index (χ0v) is 17.5. The van der Waals surface area contributed by atoms with Crippen molar-refractivity contribution in [2.24, 2.45) is 0 Å². The molecule has 1 aliphatic heterocycles. The summed E-state index contributed by atoms with van der Waals surface area (Å²) in [5, 5.41) is 3.57. The monoisotopic (exact) mass is 451 g/mol. The number of alkyl halides is 3. The predicted molar refractivity (Wildman–Crippen MR) is 113 cm³/mol. The molecule has 0 bridgehead atoms. The van der Waals surface area contributed by atoms with Crippen LogP contribution < -0.4 is 4.90 Å². The minimum Gasteiger partial charge on any atom is -0.369 e. The number of nitrogens with zero attached hydrogens (tertiary/aromatic N) is 5. The van der Waals surface area contributed by atoms with Crippen molar-refractivity contribution in [3.63, 3.8) is 0 Å². The molecule has 10 heteroatoms. The zero-order chi connectivity index (χ0) is 22.4. The summed E-state index contributed by atoms with van der Waals surface area (Å²) in [6.45, 7) is 4.56. The van der Waals surface area contributed by atoms with Crippen LogP contribution in [-0.2, 0) is 6.18 Å². The van der Waals surface area contributed by atoms with Crippen molar-refractivity contribution in [2.75, 3.05) is 38.1 Å². The molecule has 1 saturated heterocycles. The summed E-state index contributed by atoms with van der Waals surface area (Å²) in [4.78, 5) is 19.6. The van der Waals surface area contributed by atoms with Crippen LogP contribution in [0.4, 0.5) is 18.9 Å². The fraction of sp³-hybridized carbons (Fsp3) is 0.286. The van der Waals surface area contributed by atoms with Gasteiger partial charge in [-0.2, -0.15) is 18.3 Å². The maximum atomic E-state index is 12.5. The summed E-state index contributed by atoms with van der Waals surface area (Å²) < 4.78 is 38.4. The Morgan fingerprint density at radius 1 is 1.03 bits per heavy atom. The van der Waals surface area contributed by atoms with Crippen molar-refractivity contribution >= 4 is 23.6 Å². The minimum atomic E-state index is -4.61. The smallest absolute Gasteiger partial charge is 0.369 e. The van der Waals surface area contributed by atoms with Gasteiger partial charge in [0, 0.05) is 44.3 Å². The highest BCUT2D eigenvalue weighted by Gasteiger charge is 2.35. The molecule has 2 aromatic heterocycles. The van der Waals surface area contributed by atoms with Crippen molar-refractivity contribution in [3.8, 4) is 5.69 Å². The zero-order valence-electron chi connectivity index (χ0n) is 16.8. The van der Waals surface area contributed by atoms with Gasteiger partial charge in [0.15, 0.2) is 12.0 Å².